The molecular weight excluding hydrogens is 286 g/mol. The molecule has 2 aromatic carbocycles. The number of hydrogen-bond donors (Lipinski definition) is 0. The highest BCUT2D eigenvalue weighted by Crippen LogP contribution is 2.26. The maximum atomic E-state index is 10.8. The molecule has 0 aliphatic carbocycles. The van der Waals surface area contributed by atoms with Crippen LogP contribution in [0.25, 0.3) is 0 Å². The molecule has 0 saturated heterocycles. The molecule has 106 valence electrons. The highest BCUT2D eigenvalue weighted by molar-refractivity contribution is 6.31. The fraction of sp³-hybridized carbons (Fsp3) is 0.176. The highest BCUT2D eigenvalue weighted by Gasteiger charge is 2.08. The Labute approximate surface area is 128 Å². The van der Waals surface area contributed by atoms with Crippen molar-refractivity contribution in [3.8, 4) is 11.8 Å². The lowest BCUT2D eigenvalue weighted by molar-refractivity contribution is 0.112. The van der Waals surface area contributed by atoms with Crippen LogP contribution < -0.4 is 4.74 Å². The predicted molar refractivity (Wildman–Crippen MR) is 81.8 cm³/mol. The Morgan fingerprint density at radius 3 is 2.43 bits per heavy atom. The van der Waals surface area contributed by atoms with Crippen LogP contribution in [0, 0.1) is 25.2 Å². The summed E-state index contributed by atoms with van der Waals surface area (Å²) >= 11 is 6.12. The molecule has 0 aliphatic rings. The minimum absolute atomic E-state index is 0.312. The van der Waals surface area contributed by atoms with E-state index >= 15 is 0 Å². The largest absolute Gasteiger partial charge is 0.488 e. The average molecular weight is 300 g/mol. The van der Waals surface area contributed by atoms with Crippen LogP contribution in [-0.4, -0.2) is 6.29 Å². The second-order valence-electron chi connectivity index (χ2n) is 4.81. The molecule has 2 rings (SSSR count). The van der Waals surface area contributed by atoms with E-state index in [1.807, 2.05) is 19.9 Å². The van der Waals surface area contributed by atoms with E-state index in [9.17, 15) is 4.79 Å². The standard InChI is InChI=1S/C17H14ClNO2/c1-11-5-14(9-20)6-12(2)17(11)21-10-15-4-3-13(8-19)7-16(15)18/h3-7,9H,10H2,1-2H3. The first kappa shape index (κ1) is 15.1. The van der Waals surface area contributed by atoms with Crippen molar-refractivity contribution in [1.82, 2.24) is 0 Å². The number of nitriles is 1. The highest BCUT2D eigenvalue weighted by atomic mass is 35.5. The van der Waals surface area contributed by atoms with Crippen molar-refractivity contribution >= 4 is 17.9 Å². The smallest absolute Gasteiger partial charge is 0.150 e. The third kappa shape index (κ3) is 3.42. The number of hydrogen-bond acceptors (Lipinski definition) is 3. The van der Waals surface area contributed by atoms with Gasteiger partial charge in [0.2, 0.25) is 0 Å². The zero-order chi connectivity index (χ0) is 15.4. The van der Waals surface area contributed by atoms with Crippen LogP contribution >= 0.6 is 11.6 Å². The van der Waals surface area contributed by atoms with E-state index in [0.717, 1.165) is 28.7 Å². The molecule has 0 aromatic heterocycles. The van der Waals surface area contributed by atoms with Crippen LogP contribution in [-0.2, 0) is 6.61 Å². The average Bonchev–Trinajstić information content (AvgIpc) is 2.47. The van der Waals surface area contributed by atoms with E-state index in [4.69, 9.17) is 21.6 Å². The fourth-order valence-corrected chi connectivity index (χ4v) is 2.40. The Bertz CT molecular complexity index is 709. The number of halogens is 1. The van der Waals surface area contributed by atoms with Crippen molar-refractivity contribution in [2.75, 3.05) is 0 Å². The molecule has 3 nitrogen and oxygen atoms in total. The Morgan fingerprint density at radius 1 is 1.24 bits per heavy atom. The maximum Gasteiger partial charge on any atom is 0.150 e. The van der Waals surface area contributed by atoms with Gasteiger partial charge in [0.15, 0.2) is 0 Å². The summed E-state index contributed by atoms with van der Waals surface area (Å²) in [6, 6.07) is 10.7. The molecule has 0 heterocycles. The lowest BCUT2D eigenvalue weighted by Crippen LogP contribution is -2.01. The monoisotopic (exact) mass is 299 g/mol. The topological polar surface area (TPSA) is 50.1 Å². The van der Waals surface area contributed by atoms with Gasteiger partial charge in [-0.25, -0.2) is 0 Å². The summed E-state index contributed by atoms with van der Waals surface area (Å²) in [7, 11) is 0. The minimum atomic E-state index is 0.312. The SMILES string of the molecule is Cc1cc(C=O)cc(C)c1OCc1ccc(C#N)cc1Cl. The van der Waals surface area contributed by atoms with E-state index in [-0.39, 0.29) is 0 Å². The van der Waals surface area contributed by atoms with Crippen LogP contribution in [0.5, 0.6) is 5.75 Å². The van der Waals surface area contributed by atoms with Crippen molar-refractivity contribution < 1.29 is 9.53 Å². The Morgan fingerprint density at radius 2 is 1.90 bits per heavy atom. The number of benzene rings is 2. The molecule has 0 spiro atoms. The quantitative estimate of drug-likeness (QED) is 0.794. The van der Waals surface area contributed by atoms with Crippen molar-refractivity contribution in [3.63, 3.8) is 0 Å². The van der Waals surface area contributed by atoms with Crippen LogP contribution in [0.4, 0.5) is 0 Å². The first-order valence-corrected chi connectivity index (χ1v) is 6.80. The van der Waals surface area contributed by atoms with Gasteiger partial charge >= 0.3 is 0 Å². The van der Waals surface area contributed by atoms with Gasteiger partial charge in [0.25, 0.3) is 0 Å². The van der Waals surface area contributed by atoms with Crippen LogP contribution in [0.2, 0.25) is 5.02 Å². The van der Waals surface area contributed by atoms with Gasteiger partial charge in [0, 0.05) is 16.1 Å². The van der Waals surface area contributed by atoms with E-state index < -0.39 is 0 Å². The molecular formula is C17H14ClNO2. The van der Waals surface area contributed by atoms with Crippen LogP contribution in [0.3, 0.4) is 0 Å². The second kappa shape index (κ2) is 6.43. The van der Waals surface area contributed by atoms with Crippen molar-refractivity contribution in [1.29, 1.82) is 5.26 Å². The Balaban J connectivity index is 2.21. The van der Waals surface area contributed by atoms with Crippen molar-refractivity contribution in [3.05, 3.63) is 63.2 Å². The summed E-state index contributed by atoms with van der Waals surface area (Å²) in [4.78, 5) is 10.8. The molecule has 2 aromatic rings. The number of rotatable bonds is 4. The van der Waals surface area contributed by atoms with Gasteiger partial charge in [-0.2, -0.15) is 5.26 Å². The number of carbonyl (C=O) groups is 1. The lowest BCUT2D eigenvalue weighted by Gasteiger charge is -2.13. The summed E-state index contributed by atoms with van der Waals surface area (Å²) in [5.41, 5.74) is 3.78. The number of aldehydes is 1. The number of carbonyl (C=O) groups excluding carboxylic acids is 1. The molecule has 0 aliphatic heterocycles. The lowest BCUT2D eigenvalue weighted by atomic mass is 10.1. The van der Waals surface area contributed by atoms with E-state index in [2.05, 4.69) is 0 Å². The first-order chi connectivity index (χ1) is 10.0. The van der Waals surface area contributed by atoms with Gasteiger partial charge < -0.3 is 4.74 Å². The summed E-state index contributed by atoms with van der Waals surface area (Å²) < 4.78 is 5.82. The zero-order valence-corrected chi connectivity index (χ0v) is 12.6. The molecule has 0 fully saturated rings. The van der Waals surface area contributed by atoms with Gasteiger partial charge in [0.1, 0.15) is 18.6 Å². The first-order valence-electron chi connectivity index (χ1n) is 6.43. The third-order valence-electron chi connectivity index (χ3n) is 3.17. The van der Waals surface area contributed by atoms with E-state index in [1.54, 1.807) is 30.3 Å². The minimum Gasteiger partial charge on any atom is -0.488 e. The molecule has 0 N–H and O–H groups in total. The third-order valence-corrected chi connectivity index (χ3v) is 3.52. The summed E-state index contributed by atoms with van der Waals surface area (Å²) in [6.07, 6.45) is 0.821. The molecule has 0 amide bonds. The molecule has 0 bridgehead atoms. The maximum absolute atomic E-state index is 10.8. The zero-order valence-electron chi connectivity index (χ0n) is 11.8. The van der Waals surface area contributed by atoms with Gasteiger partial charge in [-0.05, 0) is 49.2 Å². The molecule has 4 heteroatoms. The molecule has 0 saturated carbocycles. The normalized spacial score (nSPS) is 10.0. The van der Waals surface area contributed by atoms with Gasteiger partial charge in [-0.3, -0.25) is 4.79 Å². The predicted octanol–water partition coefficient (Wildman–Crippen LogP) is 4.22. The van der Waals surface area contributed by atoms with E-state index in [0.29, 0.717) is 22.8 Å². The summed E-state index contributed by atoms with van der Waals surface area (Å²) in [5, 5.41) is 9.32. The van der Waals surface area contributed by atoms with Crippen molar-refractivity contribution in [2.45, 2.75) is 20.5 Å². The van der Waals surface area contributed by atoms with Crippen LogP contribution in [0.1, 0.15) is 32.6 Å². The van der Waals surface area contributed by atoms with Crippen LogP contribution in [0.15, 0.2) is 30.3 Å². The molecule has 21 heavy (non-hydrogen) atoms. The molecule has 0 radical (unpaired) electrons. The Hall–Kier alpha value is -2.31. The Kier molecular flexibility index (Phi) is 4.62. The summed E-state index contributed by atoms with van der Waals surface area (Å²) in [6.45, 7) is 4.11. The molecule has 0 unspecified atom stereocenters. The summed E-state index contributed by atoms with van der Waals surface area (Å²) in [5.74, 6) is 0.751. The van der Waals surface area contributed by atoms with Gasteiger partial charge in [0.05, 0.1) is 11.6 Å². The van der Waals surface area contributed by atoms with Gasteiger partial charge in [-0.1, -0.05) is 17.7 Å². The number of aryl methyl sites for hydroxylation is 2. The molecule has 0 atom stereocenters. The van der Waals surface area contributed by atoms with E-state index in [1.165, 1.54) is 0 Å². The number of ether oxygens (including phenoxy) is 1. The second-order valence-corrected chi connectivity index (χ2v) is 5.22. The van der Waals surface area contributed by atoms with Crippen molar-refractivity contribution in [2.24, 2.45) is 0 Å². The van der Waals surface area contributed by atoms with Gasteiger partial charge in [-0.15, -0.1) is 0 Å². The number of nitrogens with zero attached hydrogens (tertiary/aromatic N) is 1. The fourth-order valence-electron chi connectivity index (χ4n) is 2.16.